The van der Waals surface area contributed by atoms with E-state index in [2.05, 4.69) is 0 Å². The maximum absolute atomic E-state index is 11.8. The van der Waals surface area contributed by atoms with E-state index >= 15 is 0 Å². The SMILES string of the molecule is O=C(O)[C@H](c1ccc(C2CCCCC2)cc1)[C@H](O)c1ccc(Cl)cc1. The molecule has 2 aromatic rings. The van der Waals surface area contributed by atoms with Crippen LogP contribution in [0.4, 0.5) is 0 Å². The summed E-state index contributed by atoms with van der Waals surface area (Å²) in [5.41, 5.74) is 2.44. The minimum Gasteiger partial charge on any atom is -0.481 e. The second-order valence-corrected chi connectivity index (χ2v) is 7.25. The monoisotopic (exact) mass is 358 g/mol. The minimum absolute atomic E-state index is 0.549. The predicted octanol–water partition coefficient (Wildman–Crippen LogP) is 5.29. The molecule has 1 fully saturated rings. The van der Waals surface area contributed by atoms with E-state index < -0.39 is 18.0 Å². The third kappa shape index (κ3) is 4.23. The second kappa shape index (κ2) is 8.03. The summed E-state index contributed by atoms with van der Waals surface area (Å²) < 4.78 is 0. The Hall–Kier alpha value is -1.84. The highest BCUT2D eigenvalue weighted by atomic mass is 35.5. The van der Waals surface area contributed by atoms with Crippen LogP contribution in [0.5, 0.6) is 0 Å². The summed E-state index contributed by atoms with van der Waals surface area (Å²) in [7, 11) is 0. The van der Waals surface area contributed by atoms with Crippen LogP contribution in [0.2, 0.25) is 5.02 Å². The van der Waals surface area contributed by atoms with E-state index in [-0.39, 0.29) is 0 Å². The minimum atomic E-state index is -1.12. The summed E-state index contributed by atoms with van der Waals surface area (Å²) in [4.78, 5) is 11.8. The molecular formula is C21H23ClO3. The number of rotatable bonds is 5. The first-order chi connectivity index (χ1) is 12.1. The van der Waals surface area contributed by atoms with Crippen molar-refractivity contribution in [1.29, 1.82) is 0 Å². The Kier molecular flexibility index (Phi) is 5.77. The Balaban J connectivity index is 1.82. The predicted molar refractivity (Wildman–Crippen MR) is 99.1 cm³/mol. The van der Waals surface area contributed by atoms with Crippen molar-refractivity contribution in [3.05, 3.63) is 70.2 Å². The molecule has 1 aliphatic rings. The summed E-state index contributed by atoms with van der Waals surface area (Å²) >= 11 is 5.87. The average molecular weight is 359 g/mol. The summed E-state index contributed by atoms with van der Waals surface area (Å²) in [5.74, 6) is -1.46. The Labute approximate surface area is 153 Å². The maximum atomic E-state index is 11.8. The molecular weight excluding hydrogens is 336 g/mol. The number of hydrogen-bond donors (Lipinski definition) is 2. The number of aliphatic hydroxyl groups is 1. The number of aliphatic carboxylic acids is 1. The molecule has 132 valence electrons. The number of carboxylic acid groups (broad SMARTS) is 1. The van der Waals surface area contributed by atoms with Gasteiger partial charge in [-0.25, -0.2) is 0 Å². The van der Waals surface area contributed by atoms with Gasteiger partial charge in [-0.05, 0) is 47.6 Å². The van der Waals surface area contributed by atoms with Gasteiger partial charge in [0.15, 0.2) is 0 Å². The van der Waals surface area contributed by atoms with Crippen LogP contribution < -0.4 is 0 Å². The van der Waals surface area contributed by atoms with Crippen LogP contribution in [-0.2, 0) is 4.79 Å². The fraction of sp³-hybridized carbons (Fsp3) is 0.381. The first-order valence-electron chi connectivity index (χ1n) is 8.82. The first-order valence-corrected chi connectivity index (χ1v) is 9.20. The quantitative estimate of drug-likeness (QED) is 0.763. The van der Waals surface area contributed by atoms with Gasteiger partial charge in [-0.3, -0.25) is 4.79 Å². The molecule has 4 heteroatoms. The fourth-order valence-electron chi connectivity index (χ4n) is 3.72. The number of aliphatic hydroxyl groups excluding tert-OH is 1. The molecule has 0 spiro atoms. The highest BCUT2D eigenvalue weighted by Crippen LogP contribution is 2.35. The van der Waals surface area contributed by atoms with Gasteiger partial charge in [0.2, 0.25) is 0 Å². The Morgan fingerprint density at radius 2 is 1.48 bits per heavy atom. The molecule has 0 amide bonds. The van der Waals surface area contributed by atoms with Gasteiger partial charge in [-0.2, -0.15) is 0 Å². The van der Waals surface area contributed by atoms with Crippen LogP contribution >= 0.6 is 11.6 Å². The third-order valence-corrected chi connectivity index (χ3v) is 5.42. The van der Waals surface area contributed by atoms with Gasteiger partial charge >= 0.3 is 5.97 Å². The van der Waals surface area contributed by atoms with E-state index in [1.54, 1.807) is 24.3 Å². The third-order valence-electron chi connectivity index (χ3n) is 5.17. The number of carbonyl (C=O) groups is 1. The van der Waals surface area contributed by atoms with Crippen LogP contribution in [0.3, 0.4) is 0 Å². The Morgan fingerprint density at radius 1 is 0.920 bits per heavy atom. The number of halogens is 1. The molecule has 0 saturated heterocycles. The van der Waals surface area contributed by atoms with Crippen molar-refractivity contribution in [3.8, 4) is 0 Å². The van der Waals surface area contributed by atoms with Crippen molar-refractivity contribution in [3.63, 3.8) is 0 Å². The highest BCUT2D eigenvalue weighted by Gasteiger charge is 2.29. The molecule has 3 rings (SSSR count). The summed E-state index contributed by atoms with van der Waals surface area (Å²) in [6.45, 7) is 0. The zero-order chi connectivity index (χ0) is 17.8. The topological polar surface area (TPSA) is 57.5 Å². The molecule has 2 aromatic carbocycles. The van der Waals surface area contributed by atoms with Gasteiger partial charge in [0.05, 0.1) is 6.10 Å². The standard InChI is InChI=1S/C21H23ClO3/c22-18-12-10-17(11-13-18)20(23)19(21(24)25)16-8-6-15(7-9-16)14-4-2-1-3-5-14/h6-14,19-20,23H,1-5H2,(H,24,25)/t19-,20-/m1/s1. The molecule has 0 aromatic heterocycles. The lowest BCUT2D eigenvalue weighted by atomic mass is 9.82. The molecule has 0 heterocycles. The molecule has 2 N–H and O–H groups in total. The molecule has 0 radical (unpaired) electrons. The van der Waals surface area contributed by atoms with Crippen molar-refractivity contribution < 1.29 is 15.0 Å². The lowest BCUT2D eigenvalue weighted by Crippen LogP contribution is -2.20. The van der Waals surface area contributed by atoms with Gasteiger partial charge in [-0.15, -0.1) is 0 Å². The normalized spacial score (nSPS) is 17.8. The molecule has 2 atom stereocenters. The Morgan fingerprint density at radius 3 is 2.04 bits per heavy atom. The smallest absolute Gasteiger partial charge is 0.314 e. The van der Waals surface area contributed by atoms with Crippen LogP contribution in [0, 0.1) is 0 Å². The maximum Gasteiger partial charge on any atom is 0.314 e. The van der Waals surface area contributed by atoms with E-state index in [0.29, 0.717) is 22.1 Å². The Bertz CT molecular complexity index is 703. The van der Waals surface area contributed by atoms with Crippen molar-refractivity contribution in [2.24, 2.45) is 0 Å². The lowest BCUT2D eigenvalue weighted by molar-refractivity contribution is -0.141. The molecule has 1 saturated carbocycles. The van der Waals surface area contributed by atoms with E-state index in [1.165, 1.54) is 37.7 Å². The van der Waals surface area contributed by atoms with Gasteiger partial charge in [0, 0.05) is 5.02 Å². The van der Waals surface area contributed by atoms with E-state index in [9.17, 15) is 15.0 Å². The molecule has 3 nitrogen and oxygen atoms in total. The largest absolute Gasteiger partial charge is 0.481 e. The molecule has 0 unspecified atom stereocenters. The number of benzene rings is 2. The molecule has 0 aliphatic heterocycles. The van der Waals surface area contributed by atoms with E-state index in [4.69, 9.17) is 11.6 Å². The van der Waals surface area contributed by atoms with E-state index in [0.717, 1.165) is 0 Å². The zero-order valence-corrected chi connectivity index (χ0v) is 14.8. The van der Waals surface area contributed by atoms with Crippen molar-refractivity contribution >= 4 is 17.6 Å². The van der Waals surface area contributed by atoms with Crippen molar-refractivity contribution in [1.82, 2.24) is 0 Å². The first kappa shape index (κ1) is 18.0. The van der Waals surface area contributed by atoms with Gasteiger partial charge in [0.25, 0.3) is 0 Å². The summed E-state index contributed by atoms with van der Waals surface area (Å²) in [6.07, 6.45) is 5.13. The second-order valence-electron chi connectivity index (χ2n) is 6.81. The van der Waals surface area contributed by atoms with Crippen molar-refractivity contribution in [2.45, 2.75) is 50.0 Å². The van der Waals surface area contributed by atoms with Crippen LogP contribution in [0.25, 0.3) is 0 Å². The summed E-state index contributed by atoms with van der Waals surface area (Å²) in [6, 6.07) is 14.4. The zero-order valence-electron chi connectivity index (χ0n) is 14.1. The van der Waals surface area contributed by atoms with Crippen LogP contribution in [0.15, 0.2) is 48.5 Å². The summed E-state index contributed by atoms with van der Waals surface area (Å²) in [5, 5.41) is 20.8. The lowest BCUT2D eigenvalue weighted by Gasteiger charge is -2.23. The number of carboxylic acids is 1. The molecule has 25 heavy (non-hydrogen) atoms. The van der Waals surface area contributed by atoms with Gasteiger partial charge in [-0.1, -0.05) is 67.3 Å². The highest BCUT2D eigenvalue weighted by molar-refractivity contribution is 6.30. The van der Waals surface area contributed by atoms with Crippen LogP contribution in [0.1, 0.15) is 66.7 Å². The van der Waals surface area contributed by atoms with Crippen molar-refractivity contribution in [2.75, 3.05) is 0 Å². The van der Waals surface area contributed by atoms with Crippen LogP contribution in [-0.4, -0.2) is 16.2 Å². The average Bonchev–Trinajstić information content (AvgIpc) is 2.63. The van der Waals surface area contributed by atoms with Gasteiger partial charge < -0.3 is 10.2 Å². The van der Waals surface area contributed by atoms with Gasteiger partial charge in [0.1, 0.15) is 5.92 Å². The van der Waals surface area contributed by atoms with E-state index in [1.807, 2.05) is 24.3 Å². The number of hydrogen-bond acceptors (Lipinski definition) is 2. The fourth-order valence-corrected chi connectivity index (χ4v) is 3.85. The molecule has 1 aliphatic carbocycles. The molecule has 0 bridgehead atoms.